The van der Waals surface area contributed by atoms with Crippen LogP contribution in [0.4, 0.5) is 0 Å². The third kappa shape index (κ3) is 4.06. The van der Waals surface area contributed by atoms with Crippen LogP contribution in [0.5, 0.6) is 0 Å². The van der Waals surface area contributed by atoms with Crippen LogP contribution in [0.1, 0.15) is 10.5 Å². The Labute approximate surface area is 152 Å². The first-order chi connectivity index (χ1) is 12.0. The number of benzene rings is 1. The molecule has 8 nitrogen and oxygen atoms in total. The van der Waals surface area contributed by atoms with Gasteiger partial charge in [-0.2, -0.15) is 4.68 Å². The van der Waals surface area contributed by atoms with Gasteiger partial charge >= 0.3 is 0 Å². The lowest BCUT2D eigenvalue weighted by molar-refractivity contribution is -0.117. The van der Waals surface area contributed by atoms with Crippen molar-refractivity contribution in [1.82, 2.24) is 30.1 Å². The van der Waals surface area contributed by atoms with Crippen molar-refractivity contribution in [3.8, 4) is 5.69 Å². The van der Waals surface area contributed by atoms with Gasteiger partial charge in [-0.3, -0.25) is 14.9 Å². The number of tetrazole rings is 1. The summed E-state index contributed by atoms with van der Waals surface area (Å²) in [5.74, 6) is -0.873. The summed E-state index contributed by atoms with van der Waals surface area (Å²) in [4.78, 5) is 24.0. The Hall–Kier alpha value is -2.65. The molecule has 128 valence electrons. The number of nitrogens with zero attached hydrogens (tertiary/aromatic N) is 5. The minimum atomic E-state index is -0.449. The van der Waals surface area contributed by atoms with Crippen molar-refractivity contribution < 1.29 is 9.59 Å². The molecule has 0 aliphatic rings. The SMILES string of the molecule is Cn1cccc1C(=O)NC(=O)CSc1nnnn1-c1ccc(Cl)cc1. The summed E-state index contributed by atoms with van der Waals surface area (Å²) in [6, 6.07) is 10.3. The molecule has 0 aliphatic carbocycles. The molecule has 0 atom stereocenters. The highest BCUT2D eigenvalue weighted by Gasteiger charge is 2.15. The highest BCUT2D eigenvalue weighted by Crippen LogP contribution is 2.19. The number of aryl methyl sites for hydroxylation is 1. The van der Waals surface area contributed by atoms with E-state index < -0.39 is 11.8 Å². The first-order valence-electron chi connectivity index (χ1n) is 7.17. The normalized spacial score (nSPS) is 10.6. The molecule has 0 spiro atoms. The van der Waals surface area contributed by atoms with E-state index in [1.807, 2.05) is 0 Å². The molecule has 2 aromatic heterocycles. The van der Waals surface area contributed by atoms with Gasteiger partial charge < -0.3 is 4.57 Å². The average Bonchev–Trinajstić information content (AvgIpc) is 3.22. The Morgan fingerprint density at radius 3 is 2.68 bits per heavy atom. The van der Waals surface area contributed by atoms with Crippen LogP contribution < -0.4 is 5.32 Å². The first kappa shape index (κ1) is 17.2. The topological polar surface area (TPSA) is 94.7 Å². The quantitative estimate of drug-likeness (QED) is 0.681. The van der Waals surface area contributed by atoms with Gasteiger partial charge in [-0.25, -0.2) is 0 Å². The van der Waals surface area contributed by atoms with Gasteiger partial charge in [-0.1, -0.05) is 23.4 Å². The Morgan fingerprint density at radius 1 is 1.24 bits per heavy atom. The van der Waals surface area contributed by atoms with E-state index in [2.05, 4.69) is 20.8 Å². The smallest absolute Gasteiger partial charge is 0.274 e. The summed E-state index contributed by atoms with van der Waals surface area (Å²) >= 11 is 6.99. The zero-order chi connectivity index (χ0) is 17.8. The third-order valence-electron chi connectivity index (χ3n) is 3.27. The molecule has 0 bridgehead atoms. The maximum atomic E-state index is 12.0. The van der Waals surface area contributed by atoms with Crippen molar-refractivity contribution >= 4 is 35.2 Å². The molecule has 3 aromatic rings. The van der Waals surface area contributed by atoms with E-state index in [-0.39, 0.29) is 5.75 Å². The Morgan fingerprint density at radius 2 is 2.00 bits per heavy atom. The number of amides is 2. The fourth-order valence-electron chi connectivity index (χ4n) is 2.07. The van der Waals surface area contributed by atoms with E-state index in [9.17, 15) is 9.59 Å². The Bertz CT molecular complexity index is 905. The maximum Gasteiger partial charge on any atom is 0.274 e. The summed E-state index contributed by atoms with van der Waals surface area (Å²) in [5, 5.41) is 14.8. The van der Waals surface area contributed by atoms with E-state index in [1.54, 1.807) is 54.2 Å². The standard InChI is InChI=1S/C15H13ClN6O2S/c1-21-8-2-3-12(21)14(24)17-13(23)9-25-15-18-19-20-22(15)11-6-4-10(16)5-7-11/h2-8H,9H2,1H3,(H,17,23,24). The molecule has 2 amide bonds. The molecular weight excluding hydrogens is 364 g/mol. The third-order valence-corrected chi connectivity index (χ3v) is 4.45. The monoisotopic (exact) mass is 376 g/mol. The van der Waals surface area contributed by atoms with Gasteiger partial charge in [0.2, 0.25) is 11.1 Å². The Balaban J connectivity index is 1.62. The Kier molecular flexibility index (Phi) is 5.15. The minimum absolute atomic E-state index is 0.00409. The van der Waals surface area contributed by atoms with Gasteiger partial charge in [-0.15, -0.1) is 5.10 Å². The largest absolute Gasteiger partial charge is 0.347 e. The molecule has 0 fully saturated rings. The van der Waals surface area contributed by atoms with Crippen LogP contribution in [0.3, 0.4) is 0 Å². The highest BCUT2D eigenvalue weighted by molar-refractivity contribution is 7.99. The second-order valence-corrected chi connectivity index (χ2v) is 6.40. The molecule has 1 N–H and O–H groups in total. The lowest BCUT2D eigenvalue weighted by atomic mass is 10.3. The number of nitrogens with one attached hydrogen (secondary N) is 1. The number of hydrogen-bond donors (Lipinski definition) is 1. The van der Waals surface area contributed by atoms with Crippen LogP contribution in [0, 0.1) is 0 Å². The zero-order valence-electron chi connectivity index (χ0n) is 13.1. The number of carbonyl (C=O) groups excluding carboxylic acids is 2. The number of hydrogen-bond acceptors (Lipinski definition) is 6. The molecule has 3 rings (SSSR count). The molecule has 1 aromatic carbocycles. The highest BCUT2D eigenvalue weighted by atomic mass is 35.5. The molecule has 0 saturated heterocycles. The van der Waals surface area contributed by atoms with Crippen molar-refractivity contribution in [2.45, 2.75) is 5.16 Å². The van der Waals surface area contributed by atoms with Crippen molar-refractivity contribution in [2.24, 2.45) is 7.05 Å². The van der Waals surface area contributed by atoms with E-state index in [4.69, 9.17) is 11.6 Å². The van der Waals surface area contributed by atoms with Crippen LogP contribution in [0.2, 0.25) is 5.02 Å². The van der Waals surface area contributed by atoms with Crippen molar-refractivity contribution in [3.05, 3.63) is 53.3 Å². The number of imide groups is 1. The van der Waals surface area contributed by atoms with Gasteiger partial charge in [0.05, 0.1) is 11.4 Å². The van der Waals surface area contributed by atoms with Crippen molar-refractivity contribution in [3.63, 3.8) is 0 Å². The number of halogens is 1. The lowest BCUT2D eigenvalue weighted by Crippen LogP contribution is -2.33. The predicted octanol–water partition coefficient (Wildman–Crippen LogP) is 1.70. The summed E-state index contributed by atoms with van der Waals surface area (Å²) < 4.78 is 3.13. The number of rotatable bonds is 5. The molecule has 2 heterocycles. The summed E-state index contributed by atoms with van der Waals surface area (Å²) in [5.41, 5.74) is 1.13. The van der Waals surface area contributed by atoms with Gasteiger partial charge in [0, 0.05) is 18.3 Å². The van der Waals surface area contributed by atoms with Gasteiger partial charge in [0.1, 0.15) is 5.69 Å². The molecule has 0 saturated carbocycles. The second-order valence-electron chi connectivity index (χ2n) is 5.02. The number of thioether (sulfide) groups is 1. The van der Waals surface area contributed by atoms with Gasteiger partial charge in [0.25, 0.3) is 5.91 Å². The molecule has 25 heavy (non-hydrogen) atoms. The summed E-state index contributed by atoms with van der Waals surface area (Å²) in [6.07, 6.45) is 1.73. The molecule has 10 heteroatoms. The maximum absolute atomic E-state index is 12.0. The molecular formula is C15H13ClN6O2S. The molecule has 0 unspecified atom stereocenters. The van der Waals surface area contributed by atoms with E-state index in [0.717, 1.165) is 17.4 Å². The second kappa shape index (κ2) is 7.49. The van der Waals surface area contributed by atoms with E-state index in [0.29, 0.717) is 15.9 Å². The summed E-state index contributed by atoms with van der Waals surface area (Å²) in [6.45, 7) is 0. The van der Waals surface area contributed by atoms with Crippen LogP contribution in [-0.4, -0.2) is 42.3 Å². The molecule has 0 radical (unpaired) electrons. The zero-order valence-corrected chi connectivity index (χ0v) is 14.7. The fraction of sp³-hybridized carbons (Fsp3) is 0.133. The predicted molar refractivity (Wildman–Crippen MR) is 92.8 cm³/mol. The van der Waals surface area contributed by atoms with Gasteiger partial charge in [0.15, 0.2) is 0 Å². The number of carbonyl (C=O) groups is 2. The fourth-order valence-corrected chi connectivity index (χ4v) is 2.88. The minimum Gasteiger partial charge on any atom is -0.347 e. The summed E-state index contributed by atoms with van der Waals surface area (Å²) in [7, 11) is 1.73. The van der Waals surface area contributed by atoms with Crippen molar-refractivity contribution in [1.29, 1.82) is 0 Å². The lowest BCUT2D eigenvalue weighted by Gasteiger charge is -2.06. The van der Waals surface area contributed by atoms with Gasteiger partial charge in [-0.05, 0) is 46.8 Å². The van der Waals surface area contributed by atoms with Crippen molar-refractivity contribution in [2.75, 3.05) is 5.75 Å². The van der Waals surface area contributed by atoms with Crippen LogP contribution in [-0.2, 0) is 11.8 Å². The molecule has 0 aliphatic heterocycles. The number of aromatic nitrogens is 5. The van der Waals surface area contributed by atoms with Crippen LogP contribution in [0.15, 0.2) is 47.8 Å². The first-order valence-corrected chi connectivity index (χ1v) is 8.53. The average molecular weight is 377 g/mol. The van der Waals surface area contributed by atoms with Crippen LogP contribution in [0.25, 0.3) is 5.69 Å². The van der Waals surface area contributed by atoms with E-state index >= 15 is 0 Å². The van der Waals surface area contributed by atoms with E-state index in [1.165, 1.54) is 4.68 Å². The van der Waals surface area contributed by atoms with Crippen LogP contribution >= 0.6 is 23.4 Å².